The highest BCUT2D eigenvalue weighted by Gasteiger charge is 2.66. The molecule has 0 aliphatic carbocycles. The monoisotopic (exact) mass is 649 g/mol. The summed E-state index contributed by atoms with van der Waals surface area (Å²) in [6, 6.07) is 7.09. The minimum Gasteiger partial charge on any atom is -0.497 e. The minimum absolute atomic E-state index is 0.197. The van der Waals surface area contributed by atoms with Crippen molar-refractivity contribution >= 4 is 11.8 Å². The zero-order chi connectivity index (χ0) is 32.7. The van der Waals surface area contributed by atoms with E-state index in [9.17, 15) is 4.79 Å². The van der Waals surface area contributed by atoms with Crippen molar-refractivity contribution in [3.05, 3.63) is 24.3 Å². The third-order valence-electron chi connectivity index (χ3n) is 8.86. The van der Waals surface area contributed by atoms with Gasteiger partial charge in [0.1, 0.15) is 18.5 Å². The number of fused-ring (bicyclic) bond motifs is 1. The number of hydrogen-bond donors (Lipinski definition) is 2. The largest absolute Gasteiger partial charge is 0.497 e. The molecule has 3 saturated heterocycles. The van der Waals surface area contributed by atoms with E-state index in [1.54, 1.807) is 31.4 Å². The molecule has 0 bridgehead atoms. The third-order valence-corrected chi connectivity index (χ3v) is 8.86. The van der Waals surface area contributed by atoms with Gasteiger partial charge in [0.2, 0.25) is 5.79 Å². The number of nitrogens with zero attached hydrogens (tertiary/aromatic N) is 1. The zero-order valence-corrected chi connectivity index (χ0v) is 28.7. The fourth-order valence-electron chi connectivity index (χ4n) is 6.42. The molecule has 3 heterocycles. The van der Waals surface area contributed by atoms with Gasteiger partial charge in [-0.2, -0.15) is 0 Å². The Hall–Kier alpha value is -1.99. The molecule has 0 radical (unpaired) electrons. The molecule has 0 unspecified atom stereocenters. The highest BCUT2D eigenvalue weighted by atomic mass is 16.9. The van der Waals surface area contributed by atoms with Crippen molar-refractivity contribution in [1.29, 1.82) is 0 Å². The smallest absolute Gasteiger partial charge is 0.412 e. The van der Waals surface area contributed by atoms with Crippen molar-refractivity contribution in [3.8, 4) is 5.75 Å². The normalized spacial score (nSPS) is 25.8. The summed E-state index contributed by atoms with van der Waals surface area (Å²) in [5, 5.41) is 6.32. The first-order valence-corrected chi connectivity index (χ1v) is 17.6. The first-order chi connectivity index (χ1) is 22.3. The molecule has 2 N–H and O–H groups in total. The average molecular weight is 650 g/mol. The lowest BCUT2D eigenvalue weighted by Gasteiger charge is -2.29. The Bertz CT molecular complexity index is 1010. The van der Waals surface area contributed by atoms with Crippen LogP contribution in [-0.4, -0.2) is 107 Å². The number of rotatable bonds is 21. The molecule has 3 aliphatic heterocycles. The molecule has 3 aliphatic rings. The topological polar surface area (TPSA) is 109 Å². The van der Waals surface area contributed by atoms with Crippen LogP contribution in [0.15, 0.2) is 24.3 Å². The Morgan fingerprint density at radius 3 is 2.30 bits per heavy atom. The van der Waals surface area contributed by atoms with Crippen molar-refractivity contribution in [2.45, 2.75) is 115 Å². The van der Waals surface area contributed by atoms with Crippen LogP contribution in [0.4, 0.5) is 10.5 Å². The summed E-state index contributed by atoms with van der Waals surface area (Å²) in [5.74, 6) is -1.40. The molecule has 4 atom stereocenters. The van der Waals surface area contributed by atoms with E-state index in [1.165, 1.54) is 51.4 Å². The molecular formula is C35H59N3O8. The number of hydrogen-bond acceptors (Lipinski definition) is 10. The number of carbonyl (C=O) groups excluding carboxylic acids is 1. The van der Waals surface area contributed by atoms with E-state index >= 15 is 0 Å². The summed E-state index contributed by atoms with van der Waals surface area (Å²) in [4.78, 5) is 15.5. The Morgan fingerprint density at radius 1 is 0.957 bits per heavy atom. The van der Waals surface area contributed by atoms with E-state index in [-0.39, 0.29) is 6.61 Å². The van der Waals surface area contributed by atoms with Gasteiger partial charge in [-0.1, -0.05) is 64.7 Å². The molecular weight excluding hydrogens is 590 g/mol. The lowest BCUT2D eigenvalue weighted by atomic mass is 10.1. The summed E-state index contributed by atoms with van der Waals surface area (Å²) >= 11 is 0. The van der Waals surface area contributed by atoms with E-state index < -0.39 is 36.0 Å². The predicted molar refractivity (Wildman–Crippen MR) is 177 cm³/mol. The van der Waals surface area contributed by atoms with Gasteiger partial charge in [0.05, 0.1) is 20.3 Å². The first kappa shape index (κ1) is 36.8. The van der Waals surface area contributed by atoms with Crippen LogP contribution < -0.4 is 15.4 Å². The number of ether oxygens (including phenoxy) is 7. The number of methoxy groups -OCH3 is 1. The van der Waals surface area contributed by atoms with Gasteiger partial charge in [0, 0.05) is 45.0 Å². The van der Waals surface area contributed by atoms with Gasteiger partial charge >= 0.3 is 6.09 Å². The quantitative estimate of drug-likeness (QED) is 0.161. The lowest BCUT2D eigenvalue weighted by Crippen LogP contribution is -2.46. The van der Waals surface area contributed by atoms with Gasteiger partial charge in [0.15, 0.2) is 18.0 Å². The molecule has 4 rings (SSSR count). The highest BCUT2D eigenvalue weighted by molar-refractivity contribution is 5.84. The molecule has 0 spiro atoms. The maximum absolute atomic E-state index is 13.1. The molecule has 262 valence electrons. The van der Waals surface area contributed by atoms with E-state index in [2.05, 4.69) is 22.5 Å². The number of amides is 1. The maximum atomic E-state index is 13.1. The number of carbonyl (C=O) groups is 1. The van der Waals surface area contributed by atoms with Gasteiger partial charge in [-0.05, 0) is 44.5 Å². The average Bonchev–Trinajstić information content (AvgIpc) is 3.46. The fourth-order valence-corrected chi connectivity index (χ4v) is 6.42. The number of anilines is 1. The molecule has 11 heteroatoms. The van der Waals surface area contributed by atoms with E-state index in [4.69, 9.17) is 33.2 Å². The van der Waals surface area contributed by atoms with Crippen molar-refractivity contribution in [1.82, 2.24) is 10.2 Å². The maximum Gasteiger partial charge on any atom is 0.412 e. The molecule has 0 saturated carbocycles. The standard InChI is InChI=1S/C35H59N3O8/c1-5-6-7-8-9-10-11-12-13-14-23-42-27-35-32(45-34(2,3)46-35)31(43-33(39)37-28-15-17-29(40-4)18-16-28)30(44-35)26-36-19-20-38-21-24-41-25-22-38/h15-18,30-32,36H,5-14,19-27H2,1-4H3,(H,37,39)/t30-,31+,32-,35-/m0/s1. The first-order valence-electron chi connectivity index (χ1n) is 17.6. The summed E-state index contributed by atoms with van der Waals surface area (Å²) in [5.41, 5.74) is 0.597. The molecule has 1 amide bonds. The van der Waals surface area contributed by atoms with Crippen molar-refractivity contribution in [2.24, 2.45) is 0 Å². The van der Waals surface area contributed by atoms with Crippen LogP contribution in [0.2, 0.25) is 0 Å². The summed E-state index contributed by atoms with van der Waals surface area (Å²) in [6.45, 7) is 12.3. The Kier molecular flexibility index (Phi) is 15.3. The van der Waals surface area contributed by atoms with Crippen molar-refractivity contribution in [2.75, 3.05) is 71.6 Å². The van der Waals surface area contributed by atoms with Gasteiger partial charge < -0.3 is 38.5 Å². The van der Waals surface area contributed by atoms with E-state index in [0.717, 1.165) is 52.2 Å². The van der Waals surface area contributed by atoms with Crippen LogP contribution in [0.3, 0.4) is 0 Å². The second-order valence-electron chi connectivity index (χ2n) is 13.1. The Balaban J connectivity index is 1.30. The molecule has 46 heavy (non-hydrogen) atoms. The second-order valence-corrected chi connectivity index (χ2v) is 13.1. The zero-order valence-electron chi connectivity index (χ0n) is 28.7. The number of unbranched alkanes of at least 4 members (excludes halogenated alkanes) is 9. The van der Waals surface area contributed by atoms with Gasteiger partial charge in [-0.3, -0.25) is 10.2 Å². The molecule has 11 nitrogen and oxygen atoms in total. The Labute approximate surface area is 276 Å². The van der Waals surface area contributed by atoms with Gasteiger partial charge in [-0.15, -0.1) is 0 Å². The molecule has 1 aromatic rings. The molecule has 0 aromatic heterocycles. The number of benzene rings is 1. The number of morpholine rings is 1. The highest BCUT2D eigenvalue weighted by Crippen LogP contribution is 2.46. The van der Waals surface area contributed by atoms with Gasteiger partial charge in [0.25, 0.3) is 0 Å². The number of nitrogens with one attached hydrogen (secondary N) is 2. The summed E-state index contributed by atoms with van der Waals surface area (Å²) < 4.78 is 42.3. The fraction of sp³-hybridized carbons (Fsp3) is 0.800. The summed E-state index contributed by atoms with van der Waals surface area (Å²) in [7, 11) is 1.60. The van der Waals surface area contributed by atoms with E-state index in [1.807, 2.05) is 13.8 Å². The SMILES string of the molecule is CCCCCCCCCCCCOC[C@@]12O[C@@H](CNCCN3CCOCC3)[C@@H](OC(=O)Nc3ccc(OC)cc3)[C@@H]1OC(C)(C)O2. The van der Waals surface area contributed by atoms with Gasteiger partial charge in [-0.25, -0.2) is 4.79 Å². The van der Waals surface area contributed by atoms with Crippen LogP contribution in [0.1, 0.15) is 85.0 Å². The summed E-state index contributed by atoms with van der Waals surface area (Å²) in [6.07, 6.45) is 10.2. The Morgan fingerprint density at radius 2 is 1.63 bits per heavy atom. The van der Waals surface area contributed by atoms with Crippen LogP contribution in [0, 0.1) is 0 Å². The van der Waals surface area contributed by atoms with Crippen LogP contribution in [0.25, 0.3) is 0 Å². The van der Waals surface area contributed by atoms with Crippen LogP contribution in [0.5, 0.6) is 5.75 Å². The predicted octanol–water partition coefficient (Wildman–Crippen LogP) is 5.72. The second kappa shape index (κ2) is 19.1. The lowest BCUT2D eigenvalue weighted by molar-refractivity contribution is -0.277. The van der Waals surface area contributed by atoms with Crippen molar-refractivity contribution < 1.29 is 38.0 Å². The molecule has 3 fully saturated rings. The van der Waals surface area contributed by atoms with E-state index in [0.29, 0.717) is 24.6 Å². The third kappa shape index (κ3) is 11.6. The van der Waals surface area contributed by atoms with Crippen LogP contribution >= 0.6 is 0 Å². The van der Waals surface area contributed by atoms with Crippen LogP contribution in [-0.2, 0) is 28.4 Å². The minimum atomic E-state index is -1.18. The molecule has 1 aromatic carbocycles. The van der Waals surface area contributed by atoms with Crippen molar-refractivity contribution in [3.63, 3.8) is 0 Å².